The zero-order valence-corrected chi connectivity index (χ0v) is 12.1. The van der Waals surface area contributed by atoms with E-state index in [0.29, 0.717) is 19.4 Å². The molecular formula is C10H24Cl2N2O3. The van der Waals surface area contributed by atoms with E-state index in [9.17, 15) is 4.79 Å². The highest BCUT2D eigenvalue weighted by Crippen LogP contribution is 2.17. The van der Waals surface area contributed by atoms with E-state index < -0.39 is 5.54 Å². The van der Waals surface area contributed by atoms with Crippen molar-refractivity contribution in [1.29, 1.82) is 0 Å². The van der Waals surface area contributed by atoms with Gasteiger partial charge in [0.2, 0.25) is 0 Å². The van der Waals surface area contributed by atoms with E-state index in [1.165, 1.54) is 0 Å². The Kier molecular flexibility index (Phi) is 16.1. The molecular weight excluding hydrogens is 267 g/mol. The number of hydrogen-bond acceptors (Lipinski definition) is 5. The van der Waals surface area contributed by atoms with E-state index in [2.05, 4.69) is 4.84 Å². The average Bonchev–Trinajstić information content (AvgIpc) is 2.24. The minimum Gasteiger partial charge on any atom is -0.465 e. The standard InChI is InChI=1S/C10H22N2O3.2ClH/c1-3-5-6-10(11,7-8-15-12)9(13)14-4-2;;/h3-8,11-12H2,1-2H3;2*1H. The summed E-state index contributed by atoms with van der Waals surface area (Å²) >= 11 is 0. The maximum absolute atomic E-state index is 11.6. The van der Waals surface area contributed by atoms with Crippen LogP contribution in [0.4, 0.5) is 0 Å². The Morgan fingerprint density at radius 3 is 2.24 bits per heavy atom. The van der Waals surface area contributed by atoms with Gasteiger partial charge in [-0.25, -0.2) is 5.90 Å². The van der Waals surface area contributed by atoms with Gasteiger partial charge in [-0.2, -0.15) is 0 Å². The molecule has 0 saturated carbocycles. The summed E-state index contributed by atoms with van der Waals surface area (Å²) in [5.41, 5.74) is 5.04. The number of rotatable bonds is 8. The van der Waals surface area contributed by atoms with Gasteiger partial charge >= 0.3 is 5.97 Å². The Balaban J connectivity index is -0.000000980. The second kappa shape index (κ2) is 12.4. The number of halogens is 2. The number of nitrogens with two attached hydrogens (primary N) is 2. The number of ether oxygens (including phenoxy) is 1. The molecule has 0 aliphatic rings. The minimum atomic E-state index is -0.953. The Morgan fingerprint density at radius 1 is 1.24 bits per heavy atom. The normalized spacial score (nSPS) is 12.9. The summed E-state index contributed by atoms with van der Waals surface area (Å²) < 4.78 is 4.94. The molecule has 5 nitrogen and oxygen atoms in total. The van der Waals surface area contributed by atoms with Gasteiger partial charge in [0.25, 0.3) is 0 Å². The maximum atomic E-state index is 11.6. The van der Waals surface area contributed by atoms with E-state index in [4.69, 9.17) is 16.4 Å². The lowest BCUT2D eigenvalue weighted by Gasteiger charge is -2.26. The SMILES string of the molecule is CCCCC(N)(CCON)C(=O)OCC.Cl.Cl. The van der Waals surface area contributed by atoms with Crippen molar-refractivity contribution in [3.63, 3.8) is 0 Å². The first-order chi connectivity index (χ1) is 7.10. The molecule has 17 heavy (non-hydrogen) atoms. The molecule has 0 aromatic heterocycles. The Morgan fingerprint density at radius 2 is 1.82 bits per heavy atom. The predicted molar refractivity (Wildman–Crippen MR) is 72.3 cm³/mol. The molecule has 1 unspecified atom stereocenters. The summed E-state index contributed by atoms with van der Waals surface area (Å²) in [6, 6.07) is 0. The molecule has 0 rings (SSSR count). The number of carbonyl (C=O) groups is 1. The first-order valence-electron chi connectivity index (χ1n) is 5.38. The molecule has 0 aliphatic carbocycles. The summed E-state index contributed by atoms with van der Waals surface area (Å²) in [7, 11) is 0. The Hall–Kier alpha value is -0.0700. The van der Waals surface area contributed by atoms with Gasteiger partial charge in [-0.15, -0.1) is 24.8 Å². The van der Waals surface area contributed by atoms with Crippen LogP contribution >= 0.6 is 24.8 Å². The fourth-order valence-corrected chi connectivity index (χ4v) is 1.34. The van der Waals surface area contributed by atoms with Gasteiger partial charge in [-0.3, -0.25) is 4.79 Å². The van der Waals surface area contributed by atoms with Gasteiger partial charge in [0, 0.05) is 6.42 Å². The fourth-order valence-electron chi connectivity index (χ4n) is 1.34. The monoisotopic (exact) mass is 290 g/mol. The number of unbranched alkanes of at least 4 members (excludes halogenated alkanes) is 1. The average molecular weight is 291 g/mol. The highest BCUT2D eigenvalue weighted by Gasteiger charge is 2.34. The summed E-state index contributed by atoms with van der Waals surface area (Å²) in [6.07, 6.45) is 2.87. The van der Waals surface area contributed by atoms with Crippen molar-refractivity contribution < 1.29 is 14.4 Å². The van der Waals surface area contributed by atoms with Crippen LogP contribution in [0.1, 0.15) is 39.5 Å². The van der Waals surface area contributed by atoms with Gasteiger partial charge in [0.1, 0.15) is 5.54 Å². The zero-order valence-electron chi connectivity index (χ0n) is 10.4. The van der Waals surface area contributed by atoms with E-state index in [1.807, 2.05) is 6.92 Å². The summed E-state index contributed by atoms with van der Waals surface area (Å²) in [4.78, 5) is 16.1. The first kappa shape index (κ1) is 22.1. The molecule has 4 N–H and O–H groups in total. The molecule has 0 aliphatic heterocycles. The number of esters is 1. The van der Waals surface area contributed by atoms with Gasteiger partial charge in [0.05, 0.1) is 13.2 Å². The van der Waals surface area contributed by atoms with Gasteiger partial charge in [0.15, 0.2) is 0 Å². The van der Waals surface area contributed by atoms with Crippen molar-refractivity contribution in [1.82, 2.24) is 0 Å². The zero-order chi connectivity index (χ0) is 11.7. The summed E-state index contributed by atoms with van der Waals surface area (Å²) in [6.45, 7) is 4.41. The molecule has 1 atom stereocenters. The molecule has 0 heterocycles. The molecule has 0 bridgehead atoms. The van der Waals surface area contributed by atoms with Gasteiger partial charge < -0.3 is 15.3 Å². The van der Waals surface area contributed by atoms with Crippen LogP contribution in [0.5, 0.6) is 0 Å². The molecule has 0 aromatic carbocycles. The van der Waals surface area contributed by atoms with Crippen LogP contribution < -0.4 is 11.6 Å². The smallest absolute Gasteiger partial charge is 0.326 e. The van der Waals surface area contributed by atoms with Crippen LogP contribution in [0.2, 0.25) is 0 Å². The molecule has 106 valence electrons. The van der Waals surface area contributed by atoms with Crippen LogP contribution in [-0.4, -0.2) is 24.7 Å². The molecule has 0 saturated heterocycles. The molecule has 7 heteroatoms. The maximum Gasteiger partial charge on any atom is 0.326 e. The molecule has 0 spiro atoms. The van der Waals surface area contributed by atoms with Crippen LogP contribution in [0.25, 0.3) is 0 Å². The summed E-state index contributed by atoms with van der Waals surface area (Å²) in [5.74, 6) is 4.57. The highest BCUT2D eigenvalue weighted by atomic mass is 35.5. The molecule has 0 amide bonds. The van der Waals surface area contributed by atoms with Crippen LogP contribution in [-0.2, 0) is 14.4 Å². The molecule has 0 fully saturated rings. The van der Waals surface area contributed by atoms with Crippen molar-refractivity contribution in [2.75, 3.05) is 13.2 Å². The molecule has 0 aromatic rings. The lowest BCUT2D eigenvalue weighted by atomic mass is 9.90. The fraction of sp³-hybridized carbons (Fsp3) is 0.900. The number of carbonyl (C=O) groups excluding carboxylic acids is 1. The third kappa shape index (κ3) is 8.63. The van der Waals surface area contributed by atoms with Crippen molar-refractivity contribution in [2.24, 2.45) is 11.6 Å². The van der Waals surface area contributed by atoms with E-state index in [-0.39, 0.29) is 37.4 Å². The summed E-state index contributed by atoms with van der Waals surface area (Å²) in [5, 5.41) is 0. The Labute approximate surface area is 115 Å². The Bertz CT molecular complexity index is 186. The van der Waals surface area contributed by atoms with Crippen LogP contribution in [0.3, 0.4) is 0 Å². The molecule has 0 radical (unpaired) electrons. The van der Waals surface area contributed by atoms with E-state index in [0.717, 1.165) is 12.8 Å². The van der Waals surface area contributed by atoms with Gasteiger partial charge in [-0.05, 0) is 13.3 Å². The van der Waals surface area contributed by atoms with Crippen molar-refractivity contribution in [2.45, 2.75) is 45.1 Å². The quantitative estimate of drug-likeness (QED) is 0.523. The first-order valence-corrected chi connectivity index (χ1v) is 5.38. The van der Waals surface area contributed by atoms with Crippen LogP contribution in [0.15, 0.2) is 0 Å². The topological polar surface area (TPSA) is 87.6 Å². The van der Waals surface area contributed by atoms with Crippen molar-refractivity contribution in [3.8, 4) is 0 Å². The lowest BCUT2D eigenvalue weighted by Crippen LogP contribution is -2.50. The van der Waals surface area contributed by atoms with Crippen molar-refractivity contribution in [3.05, 3.63) is 0 Å². The highest BCUT2D eigenvalue weighted by molar-refractivity contribution is 5.85. The third-order valence-electron chi connectivity index (χ3n) is 2.32. The number of hydrogen-bond donors (Lipinski definition) is 2. The van der Waals surface area contributed by atoms with Crippen LogP contribution in [0, 0.1) is 0 Å². The largest absolute Gasteiger partial charge is 0.465 e. The minimum absolute atomic E-state index is 0. The van der Waals surface area contributed by atoms with Gasteiger partial charge in [-0.1, -0.05) is 19.8 Å². The second-order valence-corrected chi connectivity index (χ2v) is 3.60. The second-order valence-electron chi connectivity index (χ2n) is 3.60. The van der Waals surface area contributed by atoms with Crippen molar-refractivity contribution >= 4 is 30.8 Å². The van der Waals surface area contributed by atoms with E-state index >= 15 is 0 Å². The predicted octanol–water partition coefficient (Wildman–Crippen LogP) is 1.56. The lowest BCUT2D eigenvalue weighted by molar-refractivity contribution is -0.150. The third-order valence-corrected chi connectivity index (χ3v) is 2.32. The van der Waals surface area contributed by atoms with E-state index in [1.54, 1.807) is 6.92 Å².